The number of thiocarbonyl (C=S) groups is 1. The SMILES string of the molecule is CCN(CC(=O)N(C)CCC(N)=S)Cc1ccco1. The van der Waals surface area contributed by atoms with Crippen molar-refractivity contribution in [1.82, 2.24) is 9.80 Å². The molecule has 0 aliphatic carbocycles. The molecule has 1 aromatic rings. The molecule has 0 radical (unpaired) electrons. The van der Waals surface area contributed by atoms with E-state index < -0.39 is 0 Å². The molecule has 5 nitrogen and oxygen atoms in total. The van der Waals surface area contributed by atoms with Gasteiger partial charge in [-0.15, -0.1) is 0 Å². The van der Waals surface area contributed by atoms with E-state index in [9.17, 15) is 4.79 Å². The highest BCUT2D eigenvalue weighted by Gasteiger charge is 2.14. The minimum atomic E-state index is 0.0599. The largest absolute Gasteiger partial charge is 0.468 e. The van der Waals surface area contributed by atoms with E-state index in [1.807, 2.05) is 24.0 Å². The fourth-order valence-corrected chi connectivity index (χ4v) is 1.71. The average molecular weight is 283 g/mol. The molecule has 1 heterocycles. The van der Waals surface area contributed by atoms with Crippen LogP contribution in [-0.4, -0.2) is 47.4 Å². The van der Waals surface area contributed by atoms with Gasteiger partial charge in [0.15, 0.2) is 0 Å². The van der Waals surface area contributed by atoms with Gasteiger partial charge in [0.1, 0.15) is 5.76 Å². The molecule has 0 unspecified atom stereocenters. The molecule has 6 heteroatoms. The van der Waals surface area contributed by atoms with E-state index >= 15 is 0 Å². The van der Waals surface area contributed by atoms with Crippen LogP contribution in [0.2, 0.25) is 0 Å². The van der Waals surface area contributed by atoms with Crippen molar-refractivity contribution in [2.75, 3.05) is 26.7 Å². The predicted molar refractivity (Wildman–Crippen MR) is 78.7 cm³/mol. The molecule has 2 N–H and O–H groups in total. The molecule has 0 bridgehead atoms. The Balaban J connectivity index is 2.41. The second-order valence-electron chi connectivity index (χ2n) is 4.41. The van der Waals surface area contributed by atoms with Crippen LogP contribution in [-0.2, 0) is 11.3 Å². The van der Waals surface area contributed by atoms with Crippen molar-refractivity contribution in [2.45, 2.75) is 19.9 Å². The van der Waals surface area contributed by atoms with Gasteiger partial charge in [0.2, 0.25) is 5.91 Å². The first-order valence-electron chi connectivity index (χ1n) is 6.30. The van der Waals surface area contributed by atoms with E-state index in [2.05, 4.69) is 0 Å². The molecular formula is C13H21N3O2S. The summed E-state index contributed by atoms with van der Waals surface area (Å²) in [6.45, 7) is 4.37. The van der Waals surface area contributed by atoms with Crippen LogP contribution in [0.25, 0.3) is 0 Å². The fraction of sp³-hybridized carbons (Fsp3) is 0.538. The molecule has 0 aliphatic rings. The van der Waals surface area contributed by atoms with Gasteiger partial charge >= 0.3 is 0 Å². The Labute approximate surface area is 119 Å². The Morgan fingerprint density at radius 2 is 2.26 bits per heavy atom. The Morgan fingerprint density at radius 1 is 1.53 bits per heavy atom. The molecule has 0 fully saturated rings. The molecule has 1 rings (SSSR count). The maximum atomic E-state index is 12.0. The smallest absolute Gasteiger partial charge is 0.236 e. The molecule has 0 aromatic carbocycles. The number of nitrogens with two attached hydrogens (primary N) is 1. The molecule has 1 amide bonds. The summed E-state index contributed by atoms with van der Waals surface area (Å²) >= 11 is 4.81. The topological polar surface area (TPSA) is 62.7 Å². The molecule has 1 aromatic heterocycles. The van der Waals surface area contributed by atoms with Crippen molar-refractivity contribution in [3.63, 3.8) is 0 Å². The van der Waals surface area contributed by atoms with Crippen molar-refractivity contribution < 1.29 is 9.21 Å². The van der Waals surface area contributed by atoms with E-state index in [1.165, 1.54) is 0 Å². The number of amides is 1. The van der Waals surface area contributed by atoms with Crippen LogP contribution in [0.4, 0.5) is 0 Å². The number of hydrogen-bond donors (Lipinski definition) is 1. The first-order chi connectivity index (χ1) is 9.02. The summed E-state index contributed by atoms with van der Waals surface area (Å²) in [4.78, 5) is 16.1. The summed E-state index contributed by atoms with van der Waals surface area (Å²) in [6.07, 6.45) is 2.20. The normalized spacial score (nSPS) is 10.7. The number of carbonyl (C=O) groups is 1. The predicted octanol–water partition coefficient (Wildman–Crippen LogP) is 1.24. The van der Waals surface area contributed by atoms with Crippen molar-refractivity contribution in [2.24, 2.45) is 5.73 Å². The maximum absolute atomic E-state index is 12.0. The highest BCUT2D eigenvalue weighted by Crippen LogP contribution is 2.05. The monoisotopic (exact) mass is 283 g/mol. The second-order valence-corrected chi connectivity index (χ2v) is 4.94. The second kappa shape index (κ2) is 7.91. The Kier molecular flexibility index (Phi) is 6.52. The number of hydrogen-bond acceptors (Lipinski definition) is 4. The van der Waals surface area contributed by atoms with Crippen molar-refractivity contribution >= 4 is 23.1 Å². The van der Waals surface area contributed by atoms with E-state index in [0.29, 0.717) is 31.0 Å². The van der Waals surface area contributed by atoms with Crippen LogP contribution in [0, 0.1) is 0 Å². The van der Waals surface area contributed by atoms with Gasteiger partial charge in [-0.2, -0.15) is 0 Å². The average Bonchev–Trinajstić information content (AvgIpc) is 2.87. The summed E-state index contributed by atoms with van der Waals surface area (Å²) in [7, 11) is 1.77. The lowest BCUT2D eigenvalue weighted by atomic mass is 10.3. The lowest BCUT2D eigenvalue weighted by molar-refractivity contribution is -0.131. The number of nitrogens with zero attached hydrogens (tertiary/aromatic N) is 2. The van der Waals surface area contributed by atoms with Crippen LogP contribution in [0.15, 0.2) is 22.8 Å². The minimum Gasteiger partial charge on any atom is -0.468 e. The van der Waals surface area contributed by atoms with Gasteiger partial charge in [-0.25, -0.2) is 0 Å². The standard InChI is InChI=1S/C13H21N3O2S/c1-3-16(9-11-5-4-8-18-11)10-13(17)15(2)7-6-12(14)19/h4-5,8H,3,6-7,9-10H2,1-2H3,(H2,14,19). The zero-order chi connectivity index (χ0) is 14.3. The molecule has 106 valence electrons. The first kappa shape index (κ1) is 15.7. The van der Waals surface area contributed by atoms with Gasteiger partial charge in [-0.05, 0) is 18.7 Å². The van der Waals surface area contributed by atoms with Crippen LogP contribution >= 0.6 is 12.2 Å². The summed E-state index contributed by atoms with van der Waals surface area (Å²) in [6, 6.07) is 3.75. The third-order valence-corrected chi connectivity index (χ3v) is 3.09. The fourth-order valence-electron chi connectivity index (χ4n) is 1.62. The van der Waals surface area contributed by atoms with E-state index in [1.54, 1.807) is 18.2 Å². The van der Waals surface area contributed by atoms with E-state index in [0.717, 1.165) is 12.3 Å². The Bertz CT molecular complexity index is 406. The van der Waals surface area contributed by atoms with Gasteiger partial charge in [-0.1, -0.05) is 19.1 Å². The lowest BCUT2D eigenvalue weighted by Crippen LogP contribution is -2.39. The third kappa shape index (κ3) is 5.85. The van der Waals surface area contributed by atoms with Crippen molar-refractivity contribution in [1.29, 1.82) is 0 Å². The van der Waals surface area contributed by atoms with Gasteiger partial charge in [0.25, 0.3) is 0 Å². The molecule has 0 saturated carbocycles. The summed E-state index contributed by atoms with van der Waals surface area (Å²) < 4.78 is 5.29. The summed E-state index contributed by atoms with van der Waals surface area (Å²) in [5.74, 6) is 0.921. The Hall–Kier alpha value is -1.40. The highest BCUT2D eigenvalue weighted by molar-refractivity contribution is 7.80. The van der Waals surface area contributed by atoms with Gasteiger partial charge in [0.05, 0.1) is 24.3 Å². The quantitative estimate of drug-likeness (QED) is 0.727. The number of furan rings is 1. The van der Waals surface area contributed by atoms with Crippen LogP contribution in [0.3, 0.4) is 0 Å². The first-order valence-corrected chi connectivity index (χ1v) is 6.70. The van der Waals surface area contributed by atoms with Crippen LogP contribution in [0.1, 0.15) is 19.1 Å². The van der Waals surface area contributed by atoms with Crippen molar-refractivity contribution in [3.8, 4) is 0 Å². The highest BCUT2D eigenvalue weighted by atomic mass is 32.1. The molecule has 0 atom stereocenters. The Morgan fingerprint density at radius 3 is 2.79 bits per heavy atom. The number of carbonyl (C=O) groups excluding carboxylic acids is 1. The lowest BCUT2D eigenvalue weighted by Gasteiger charge is -2.23. The number of rotatable bonds is 8. The minimum absolute atomic E-state index is 0.0599. The molecule has 0 spiro atoms. The van der Waals surface area contributed by atoms with Gasteiger partial charge < -0.3 is 15.1 Å². The third-order valence-electron chi connectivity index (χ3n) is 2.88. The van der Waals surface area contributed by atoms with Crippen molar-refractivity contribution in [3.05, 3.63) is 24.2 Å². The summed E-state index contributed by atoms with van der Waals surface area (Å²) in [5.41, 5.74) is 5.43. The molecule has 19 heavy (non-hydrogen) atoms. The zero-order valence-electron chi connectivity index (χ0n) is 11.5. The summed E-state index contributed by atoms with van der Waals surface area (Å²) in [5, 5.41) is 0. The van der Waals surface area contributed by atoms with Crippen LogP contribution in [0.5, 0.6) is 0 Å². The molecular weight excluding hydrogens is 262 g/mol. The maximum Gasteiger partial charge on any atom is 0.236 e. The van der Waals surface area contributed by atoms with E-state index in [4.69, 9.17) is 22.4 Å². The molecule has 0 saturated heterocycles. The van der Waals surface area contributed by atoms with Gasteiger partial charge in [-0.3, -0.25) is 9.69 Å². The zero-order valence-corrected chi connectivity index (χ0v) is 12.3. The van der Waals surface area contributed by atoms with Crippen LogP contribution < -0.4 is 5.73 Å². The van der Waals surface area contributed by atoms with E-state index in [-0.39, 0.29) is 5.91 Å². The molecule has 0 aliphatic heterocycles. The van der Waals surface area contributed by atoms with Gasteiger partial charge in [0, 0.05) is 20.0 Å². The number of likely N-dealkylation sites (N-methyl/N-ethyl adjacent to an activating group) is 2.